The Balaban J connectivity index is 1.73. The highest BCUT2D eigenvalue weighted by atomic mass is 16.3. The molecule has 2 N–H and O–H groups in total. The minimum absolute atomic E-state index is 0.161. The fourth-order valence-electron chi connectivity index (χ4n) is 7.08. The molecule has 124 valence electrons. The molecule has 4 aliphatic rings. The number of aliphatic hydroxyl groups excluding tert-OH is 2. The summed E-state index contributed by atoms with van der Waals surface area (Å²) in [4.78, 5) is 12.1. The fraction of sp³-hybridized carbons (Fsp3) is 0.947. The van der Waals surface area contributed by atoms with Gasteiger partial charge in [-0.2, -0.15) is 0 Å². The second-order valence-electron chi connectivity index (χ2n) is 9.21. The predicted octanol–water partition coefficient (Wildman–Crippen LogP) is 2.93. The highest BCUT2D eigenvalue weighted by Crippen LogP contribution is 2.65. The normalized spacial score (nSPS) is 57.9. The second kappa shape index (κ2) is 4.80. The molecule has 8 atom stereocenters. The van der Waals surface area contributed by atoms with Gasteiger partial charge in [0.05, 0.1) is 12.2 Å². The van der Waals surface area contributed by atoms with Crippen LogP contribution in [0.2, 0.25) is 0 Å². The number of ketones is 1. The van der Waals surface area contributed by atoms with Crippen molar-refractivity contribution in [2.45, 2.75) is 77.4 Å². The van der Waals surface area contributed by atoms with Gasteiger partial charge in [0.25, 0.3) is 0 Å². The van der Waals surface area contributed by atoms with Crippen LogP contribution in [-0.2, 0) is 4.79 Å². The van der Waals surface area contributed by atoms with Gasteiger partial charge in [0, 0.05) is 18.3 Å². The van der Waals surface area contributed by atoms with E-state index in [-0.39, 0.29) is 29.0 Å². The van der Waals surface area contributed by atoms with Crippen molar-refractivity contribution < 1.29 is 15.0 Å². The Kier molecular flexibility index (Phi) is 3.30. The van der Waals surface area contributed by atoms with Crippen LogP contribution in [0.15, 0.2) is 0 Å². The maximum Gasteiger partial charge on any atom is 0.133 e. The van der Waals surface area contributed by atoms with E-state index in [4.69, 9.17) is 0 Å². The molecular weight excluding hydrogens is 276 g/mol. The maximum absolute atomic E-state index is 12.1. The van der Waals surface area contributed by atoms with Crippen molar-refractivity contribution in [3.63, 3.8) is 0 Å². The summed E-state index contributed by atoms with van der Waals surface area (Å²) in [5, 5.41) is 21.6. The van der Waals surface area contributed by atoms with Gasteiger partial charge in [-0.25, -0.2) is 0 Å². The van der Waals surface area contributed by atoms with Crippen LogP contribution in [0, 0.1) is 34.5 Å². The van der Waals surface area contributed by atoms with Crippen LogP contribution in [0.4, 0.5) is 0 Å². The lowest BCUT2D eigenvalue weighted by Gasteiger charge is -2.62. The molecule has 0 saturated heterocycles. The Morgan fingerprint density at radius 1 is 1.00 bits per heavy atom. The summed E-state index contributed by atoms with van der Waals surface area (Å²) in [6.45, 7) is 4.48. The molecule has 0 unspecified atom stereocenters. The molecule has 0 aliphatic heterocycles. The monoisotopic (exact) mass is 306 g/mol. The molecular formula is C19H30O3. The molecule has 0 amide bonds. The first kappa shape index (κ1) is 15.1. The summed E-state index contributed by atoms with van der Waals surface area (Å²) in [5.41, 5.74) is -0.0790. The zero-order valence-electron chi connectivity index (χ0n) is 13.9. The van der Waals surface area contributed by atoms with E-state index in [0.717, 1.165) is 19.3 Å². The Labute approximate surface area is 133 Å². The number of carbonyl (C=O) groups is 1. The Morgan fingerprint density at radius 3 is 2.55 bits per heavy atom. The molecule has 0 bridgehead atoms. The number of fused-ring (bicyclic) bond motifs is 5. The molecule has 0 heterocycles. The van der Waals surface area contributed by atoms with E-state index in [9.17, 15) is 15.0 Å². The molecule has 0 aromatic carbocycles. The van der Waals surface area contributed by atoms with Crippen molar-refractivity contribution in [3.8, 4) is 0 Å². The van der Waals surface area contributed by atoms with Crippen molar-refractivity contribution in [3.05, 3.63) is 0 Å². The van der Waals surface area contributed by atoms with Gasteiger partial charge in [-0.05, 0) is 54.8 Å². The number of hydrogen-bond donors (Lipinski definition) is 2. The minimum Gasteiger partial charge on any atom is -0.393 e. The maximum atomic E-state index is 12.1. The van der Waals surface area contributed by atoms with Gasteiger partial charge in [-0.3, -0.25) is 4.79 Å². The third kappa shape index (κ3) is 1.84. The zero-order chi connectivity index (χ0) is 15.7. The van der Waals surface area contributed by atoms with Gasteiger partial charge in [0.2, 0.25) is 0 Å². The first-order valence-electron chi connectivity index (χ1n) is 9.24. The summed E-state index contributed by atoms with van der Waals surface area (Å²) < 4.78 is 0. The molecule has 4 aliphatic carbocycles. The van der Waals surface area contributed by atoms with Gasteiger partial charge < -0.3 is 10.2 Å². The van der Waals surface area contributed by atoms with Crippen molar-refractivity contribution >= 4 is 5.78 Å². The van der Waals surface area contributed by atoms with Gasteiger partial charge in [0.15, 0.2) is 0 Å². The van der Waals surface area contributed by atoms with Crippen molar-refractivity contribution in [2.24, 2.45) is 34.5 Å². The highest BCUT2D eigenvalue weighted by Gasteiger charge is 2.63. The first-order chi connectivity index (χ1) is 10.4. The third-order valence-electron chi connectivity index (χ3n) is 8.30. The molecule has 0 aromatic rings. The summed E-state index contributed by atoms with van der Waals surface area (Å²) in [6, 6.07) is 0. The quantitative estimate of drug-likeness (QED) is 0.723. The number of aliphatic hydroxyl groups is 2. The molecule has 0 spiro atoms. The van der Waals surface area contributed by atoms with Crippen LogP contribution in [0.5, 0.6) is 0 Å². The van der Waals surface area contributed by atoms with E-state index in [1.807, 2.05) is 0 Å². The minimum atomic E-state index is -0.347. The van der Waals surface area contributed by atoms with E-state index < -0.39 is 0 Å². The molecule has 3 heteroatoms. The summed E-state index contributed by atoms with van der Waals surface area (Å²) in [5.74, 6) is 1.91. The molecule has 4 saturated carbocycles. The average molecular weight is 306 g/mol. The Hall–Kier alpha value is -0.410. The van der Waals surface area contributed by atoms with E-state index in [1.165, 1.54) is 19.3 Å². The lowest BCUT2D eigenvalue weighted by Crippen LogP contribution is -2.59. The summed E-state index contributed by atoms with van der Waals surface area (Å²) in [6.07, 6.45) is 7.10. The summed E-state index contributed by atoms with van der Waals surface area (Å²) in [7, 11) is 0. The SMILES string of the molecule is C[C@]12CCCC[C@@H]1[C@@H](O)C[C@@H]1[C@H]2C[C@@H](O)[C@@]2(C)CC(=O)C[C@H]12. The van der Waals surface area contributed by atoms with Crippen LogP contribution in [0.25, 0.3) is 0 Å². The lowest BCUT2D eigenvalue weighted by atomic mass is 9.44. The summed E-state index contributed by atoms with van der Waals surface area (Å²) >= 11 is 0. The molecule has 0 radical (unpaired) electrons. The average Bonchev–Trinajstić information content (AvgIpc) is 2.78. The molecule has 0 aromatic heterocycles. The Morgan fingerprint density at radius 2 is 1.77 bits per heavy atom. The van der Waals surface area contributed by atoms with Gasteiger partial charge >= 0.3 is 0 Å². The number of rotatable bonds is 0. The second-order valence-corrected chi connectivity index (χ2v) is 9.21. The van der Waals surface area contributed by atoms with E-state index in [2.05, 4.69) is 13.8 Å². The van der Waals surface area contributed by atoms with Gasteiger partial charge in [-0.15, -0.1) is 0 Å². The largest absolute Gasteiger partial charge is 0.393 e. The van der Waals surface area contributed by atoms with Crippen LogP contribution in [-0.4, -0.2) is 28.2 Å². The van der Waals surface area contributed by atoms with E-state index >= 15 is 0 Å². The molecule has 3 nitrogen and oxygen atoms in total. The van der Waals surface area contributed by atoms with E-state index in [1.54, 1.807) is 0 Å². The van der Waals surface area contributed by atoms with E-state index in [0.29, 0.717) is 36.4 Å². The lowest BCUT2D eigenvalue weighted by molar-refractivity contribution is -0.183. The highest BCUT2D eigenvalue weighted by molar-refractivity contribution is 5.82. The number of hydrogen-bond acceptors (Lipinski definition) is 3. The van der Waals surface area contributed by atoms with Crippen molar-refractivity contribution in [2.75, 3.05) is 0 Å². The first-order valence-corrected chi connectivity index (χ1v) is 9.24. The van der Waals surface area contributed by atoms with Crippen LogP contribution < -0.4 is 0 Å². The fourth-order valence-corrected chi connectivity index (χ4v) is 7.08. The molecule has 22 heavy (non-hydrogen) atoms. The van der Waals surface area contributed by atoms with Crippen molar-refractivity contribution in [1.82, 2.24) is 0 Å². The van der Waals surface area contributed by atoms with Gasteiger partial charge in [-0.1, -0.05) is 26.7 Å². The smallest absolute Gasteiger partial charge is 0.133 e. The van der Waals surface area contributed by atoms with Gasteiger partial charge in [0.1, 0.15) is 5.78 Å². The third-order valence-corrected chi connectivity index (χ3v) is 8.30. The van der Waals surface area contributed by atoms with Crippen LogP contribution in [0.1, 0.15) is 65.2 Å². The molecule has 4 fully saturated rings. The number of carbonyl (C=O) groups excluding carboxylic acids is 1. The van der Waals surface area contributed by atoms with Crippen molar-refractivity contribution in [1.29, 1.82) is 0 Å². The zero-order valence-corrected chi connectivity index (χ0v) is 13.9. The standard InChI is InChI=1S/C19H30O3/c1-18-6-4-3-5-13(18)16(21)8-12-14-7-11(20)10-19(14,2)17(22)9-15(12)18/h12-17,21-22H,3-10H2,1-2H3/t12-,13+,14+,15+,16-,17+,18-,19-/m0/s1. The van der Waals surface area contributed by atoms with Crippen LogP contribution in [0.3, 0.4) is 0 Å². The Bertz CT molecular complexity index is 489. The predicted molar refractivity (Wildman–Crippen MR) is 84.1 cm³/mol. The number of Topliss-reactive ketones (excluding diaryl/α,β-unsaturated/α-hetero) is 1. The molecule has 4 rings (SSSR count). The topological polar surface area (TPSA) is 57.5 Å². The van der Waals surface area contributed by atoms with Crippen LogP contribution >= 0.6 is 0 Å².